The smallest absolute Gasteiger partial charge is 0.227 e. The van der Waals surface area contributed by atoms with Gasteiger partial charge in [0.1, 0.15) is 11.6 Å². The zero-order valence-corrected chi connectivity index (χ0v) is 17.0. The monoisotopic (exact) mass is 404 g/mol. The van der Waals surface area contributed by atoms with Crippen LogP contribution in [-0.2, 0) is 11.3 Å². The molecule has 0 saturated carbocycles. The lowest BCUT2D eigenvalue weighted by Crippen LogP contribution is -2.38. The quantitative estimate of drug-likeness (QED) is 0.726. The molecule has 0 unspecified atom stereocenters. The normalized spacial score (nSPS) is 15.6. The largest absolute Gasteiger partial charge is 0.489 e. The van der Waals surface area contributed by atoms with Crippen molar-refractivity contribution in [3.8, 4) is 5.75 Å². The first-order valence-corrected chi connectivity index (χ1v) is 10.0. The average molecular weight is 405 g/mol. The standard InChI is InChI=1S/C22H26ClFN2O2/c1-15(2)28-21-9-4-3-8-20(21)25-22(27)16-10-12-26(13-11-16)14-17-18(23)6-5-7-19(17)24/h3-9,15-16H,10-14H2,1-2H3,(H,25,27). The molecule has 0 radical (unpaired) electrons. The Bertz CT molecular complexity index is 800. The van der Waals surface area contributed by atoms with Crippen molar-refractivity contribution in [3.63, 3.8) is 0 Å². The number of piperidine rings is 1. The molecule has 1 saturated heterocycles. The minimum Gasteiger partial charge on any atom is -0.489 e. The zero-order chi connectivity index (χ0) is 20.1. The van der Waals surface area contributed by atoms with Crippen LogP contribution in [0.15, 0.2) is 42.5 Å². The number of benzene rings is 2. The summed E-state index contributed by atoms with van der Waals surface area (Å²) in [5.74, 6) is 0.328. The number of anilines is 1. The number of para-hydroxylation sites is 2. The molecule has 1 N–H and O–H groups in total. The molecule has 3 rings (SSSR count). The van der Waals surface area contributed by atoms with Crippen molar-refractivity contribution in [1.29, 1.82) is 0 Å². The highest BCUT2D eigenvalue weighted by atomic mass is 35.5. The molecule has 0 aromatic heterocycles. The maximum Gasteiger partial charge on any atom is 0.227 e. The Morgan fingerprint density at radius 3 is 2.61 bits per heavy atom. The highest BCUT2D eigenvalue weighted by Crippen LogP contribution is 2.28. The summed E-state index contributed by atoms with van der Waals surface area (Å²) in [6.45, 7) is 5.83. The van der Waals surface area contributed by atoms with E-state index in [0.717, 1.165) is 25.9 Å². The Labute approximate surface area is 170 Å². The van der Waals surface area contributed by atoms with E-state index in [9.17, 15) is 9.18 Å². The molecule has 0 atom stereocenters. The fourth-order valence-electron chi connectivity index (χ4n) is 3.42. The van der Waals surface area contributed by atoms with Crippen LogP contribution < -0.4 is 10.1 Å². The number of carbonyl (C=O) groups is 1. The Morgan fingerprint density at radius 1 is 1.21 bits per heavy atom. The molecule has 2 aromatic carbocycles. The Morgan fingerprint density at radius 2 is 1.93 bits per heavy atom. The van der Waals surface area contributed by atoms with Crippen LogP contribution in [0.1, 0.15) is 32.3 Å². The van der Waals surface area contributed by atoms with Crippen LogP contribution in [0.3, 0.4) is 0 Å². The second kappa shape index (κ2) is 9.39. The van der Waals surface area contributed by atoms with Gasteiger partial charge in [0.25, 0.3) is 0 Å². The molecule has 2 aromatic rings. The van der Waals surface area contributed by atoms with Crippen molar-refractivity contribution in [1.82, 2.24) is 4.90 Å². The first-order valence-electron chi connectivity index (χ1n) is 9.66. The summed E-state index contributed by atoms with van der Waals surface area (Å²) in [7, 11) is 0. The highest BCUT2D eigenvalue weighted by molar-refractivity contribution is 6.31. The van der Waals surface area contributed by atoms with Crippen LogP contribution in [0.25, 0.3) is 0 Å². The van der Waals surface area contributed by atoms with E-state index in [-0.39, 0.29) is 23.7 Å². The third-order valence-electron chi connectivity index (χ3n) is 4.91. The molecule has 4 nitrogen and oxygen atoms in total. The number of halogens is 2. The van der Waals surface area contributed by atoms with Gasteiger partial charge in [-0.15, -0.1) is 0 Å². The van der Waals surface area contributed by atoms with E-state index in [4.69, 9.17) is 16.3 Å². The number of carbonyl (C=O) groups excluding carboxylic acids is 1. The SMILES string of the molecule is CC(C)Oc1ccccc1NC(=O)C1CCN(Cc2c(F)cccc2Cl)CC1. The number of nitrogens with zero attached hydrogens (tertiary/aromatic N) is 1. The summed E-state index contributed by atoms with van der Waals surface area (Å²) in [4.78, 5) is 14.9. The second-order valence-electron chi connectivity index (χ2n) is 7.40. The molecule has 1 aliphatic rings. The first-order chi connectivity index (χ1) is 13.4. The summed E-state index contributed by atoms with van der Waals surface area (Å²) in [6, 6.07) is 12.2. The lowest BCUT2D eigenvalue weighted by atomic mass is 9.95. The summed E-state index contributed by atoms with van der Waals surface area (Å²) in [5, 5.41) is 3.45. The molecule has 28 heavy (non-hydrogen) atoms. The van der Waals surface area contributed by atoms with Gasteiger partial charge >= 0.3 is 0 Å². The molecular weight excluding hydrogens is 379 g/mol. The number of hydrogen-bond donors (Lipinski definition) is 1. The van der Waals surface area contributed by atoms with E-state index >= 15 is 0 Å². The van der Waals surface area contributed by atoms with Crippen molar-refractivity contribution in [2.75, 3.05) is 18.4 Å². The van der Waals surface area contributed by atoms with Gasteiger partial charge in [0.05, 0.1) is 11.8 Å². The van der Waals surface area contributed by atoms with Gasteiger partial charge < -0.3 is 10.1 Å². The van der Waals surface area contributed by atoms with Gasteiger partial charge in [-0.05, 0) is 64.0 Å². The Kier molecular flexibility index (Phi) is 6.92. The summed E-state index contributed by atoms with van der Waals surface area (Å²) < 4.78 is 19.8. The van der Waals surface area contributed by atoms with Crippen LogP contribution in [0.2, 0.25) is 5.02 Å². The summed E-state index contributed by atoms with van der Waals surface area (Å²) in [6.07, 6.45) is 1.49. The number of hydrogen-bond acceptors (Lipinski definition) is 3. The van der Waals surface area contributed by atoms with Crippen LogP contribution in [0.5, 0.6) is 5.75 Å². The predicted molar refractivity (Wildman–Crippen MR) is 110 cm³/mol. The summed E-state index contributed by atoms with van der Waals surface area (Å²) >= 11 is 6.13. The number of nitrogens with one attached hydrogen (secondary N) is 1. The first kappa shape index (κ1) is 20.6. The van der Waals surface area contributed by atoms with E-state index in [2.05, 4.69) is 10.2 Å². The molecular formula is C22H26ClFN2O2. The van der Waals surface area contributed by atoms with Crippen LogP contribution in [0.4, 0.5) is 10.1 Å². The van der Waals surface area contributed by atoms with E-state index in [1.807, 2.05) is 38.1 Å². The van der Waals surface area contributed by atoms with Gasteiger partial charge in [-0.25, -0.2) is 4.39 Å². The second-order valence-corrected chi connectivity index (χ2v) is 7.81. The van der Waals surface area contributed by atoms with E-state index in [1.165, 1.54) is 6.07 Å². The molecule has 0 aliphatic carbocycles. The van der Waals surface area contributed by atoms with Gasteiger partial charge in [-0.2, -0.15) is 0 Å². The van der Waals surface area contributed by atoms with Crippen molar-refractivity contribution in [3.05, 3.63) is 58.9 Å². The third kappa shape index (κ3) is 5.24. The number of amides is 1. The molecule has 1 fully saturated rings. The Hall–Kier alpha value is -2.11. The predicted octanol–water partition coefficient (Wildman–Crippen LogP) is 5.12. The molecule has 6 heteroatoms. The lowest BCUT2D eigenvalue weighted by Gasteiger charge is -2.31. The molecule has 0 bridgehead atoms. The average Bonchev–Trinajstić information content (AvgIpc) is 2.66. The Balaban J connectivity index is 1.56. The minimum atomic E-state index is -0.283. The van der Waals surface area contributed by atoms with Crippen molar-refractivity contribution >= 4 is 23.2 Å². The van der Waals surface area contributed by atoms with E-state index < -0.39 is 0 Å². The number of ether oxygens (including phenoxy) is 1. The molecule has 1 amide bonds. The van der Waals surface area contributed by atoms with Gasteiger partial charge in [-0.3, -0.25) is 9.69 Å². The highest BCUT2D eigenvalue weighted by Gasteiger charge is 2.26. The minimum absolute atomic E-state index is 0.00313. The lowest BCUT2D eigenvalue weighted by molar-refractivity contribution is -0.121. The maximum absolute atomic E-state index is 14.0. The van der Waals surface area contributed by atoms with Gasteiger partial charge in [-0.1, -0.05) is 29.8 Å². The fourth-order valence-corrected chi connectivity index (χ4v) is 3.64. The van der Waals surface area contributed by atoms with Gasteiger partial charge in [0, 0.05) is 23.0 Å². The van der Waals surface area contributed by atoms with Crippen LogP contribution >= 0.6 is 11.6 Å². The van der Waals surface area contributed by atoms with Crippen molar-refractivity contribution < 1.29 is 13.9 Å². The maximum atomic E-state index is 14.0. The van der Waals surface area contributed by atoms with Crippen molar-refractivity contribution in [2.24, 2.45) is 5.92 Å². The van der Waals surface area contributed by atoms with Crippen LogP contribution in [0, 0.1) is 11.7 Å². The van der Waals surface area contributed by atoms with Crippen LogP contribution in [-0.4, -0.2) is 30.0 Å². The fraction of sp³-hybridized carbons (Fsp3) is 0.409. The van der Waals surface area contributed by atoms with Gasteiger partial charge in [0.15, 0.2) is 0 Å². The molecule has 1 aliphatic heterocycles. The van der Waals surface area contributed by atoms with Gasteiger partial charge in [0.2, 0.25) is 5.91 Å². The molecule has 1 heterocycles. The number of likely N-dealkylation sites (tertiary alicyclic amines) is 1. The summed E-state index contributed by atoms with van der Waals surface area (Å²) in [5.41, 5.74) is 1.22. The topological polar surface area (TPSA) is 41.6 Å². The number of rotatable bonds is 6. The van der Waals surface area contributed by atoms with E-state index in [1.54, 1.807) is 12.1 Å². The zero-order valence-electron chi connectivity index (χ0n) is 16.3. The third-order valence-corrected chi connectivity index (χ3v) is 5.26. The molecule has 150 valence electrons. The molecule has 0 spiro atoms. The van der Waals surface area contributed by atoms with Crippen molar-refractivity contribution in [2.45, 2.75) is 39.3 Å². The van der Waals surface area contributed by atoms with E-state index in [0.29, 0.717) is 28.6 Å².